The number of hydrogen-bond acceptors (Lipinski definition) is 3. The molecule has 2 rings (SSSR count). The Bertz CT molecular complexity index is 235. The molecule has 2 N–H and O–H groups in total. The summed E-state index contributed by atoms with van der Waals surface area (Å²) in [6.45, 7) is 3.25. The third-order valence-corrected chi connectivity index (χ3v) is 2.93. The molecule has 0 spiro atoms. The van der Waals surface area contributed by atoms with Gasteiger partial charge >= 0.3 is 5.97 Å². The van der Waals surface area contributed by atoms with Crippen molar-refractivity contribution in [3.8, 4) is 0 Å². The average molecular weight is 214 g/mol. The van der Waals surface area contributed by atoms with Crippen molar-refractivity contribution in [2.24, 2.45) is 0 Å². The Balaban J connectivity index is 0.000000195. The van der Waals surface area contributed by atoms with Crippen LogP contribution in [-0.4, -0.2) is 34.5 Å². The van der Waals surface area contributed by atoms with Crippen LogP contribution >= 0.6 is 0 Å². The third kappa shape index (κ3) is 3.32. The summed E-state index contributed by atoms with van der Waals surface area (Å²) in [5.74, 6) is -0.981. The number of epoxide rings is 1. The molecule has 1 saturated carbocycles. The minimum atomic E-state index is -0.981. The zero-order valence-corrected chi connectivity index (χ0v) is 8.82. The maximum atomic E-state index is 9.25. The van der Waals surface area contributed by atoms with Gasteiger partial charge in [-0.05, 0) is 12.8 Å². The van der Waals surface area contributed by atoms with Crippen LogP contribution in [0.25, 0.3) is 0 Å². The van der Waals surface area contributed by atoms with Crippen LogP contribution < -0.4 is 0 Å². The van der Waals surface area contributed by atoms with Gasteiger partial charge in [0.1, 0.15) is 0 Å². The number of carboxylic acids is 1. The summed E-state index contributed by atoms with van der Waals surface area (Å²) in [4.78, 5) is 9.25. The molecule has 2 aliphatic rings. The first-order chi connectivity index (χ1) is 7.14. The molecular weight excluding hydrogens is 196 g/mol. The highest BCUT2D eigenvalue weighted by molar-refractivity contribution is 5.78. The van der Waals surface area contributed by atoms with Gasteiger partial charge in [-0.25, -0.2) is 4.79 Å². The topological polar surface area (TPSA) is 70.1 Å². The molecule has 1 saturated heterocycles. The summed E-state index contributed by atoms with van der Waals surface area (Å²) in [5.41, 5.74) is 0.146. The zero-order valence-electron chi connectivity index (χ0n) is 8.82. The van der Waals surface area contributed by atoms with Gasteiger partial charge in [0.15, 0.2) is 0 Å². The third-order valence-electron chi connectivity index (χ3n) is 2.93. The van der Waals surface area contributed by atoms with E-state index in [-0.39, 0.29) is 12.2 Å². The predicted molar refractivity (Wildman–Crippen MR) is 55.6 cm³/mol. The number of aliphatic hydroxyl groups excluding tert-OH is 1. The fourth-order valence-corrected chi connectivity index (χ4v) is 2.08. The molecule has 4 nitrogen and oxygen atoms in total. The fraction of sp³-hybridized carbons (Fsp3) is 0.727. The molecule has 0 bridgehead atoms. The Kier molecular flexibility index (Phi) is 4.29. The molecule has 0 aromatic heterocycles. The normalized spacial score (nSPS) is 31.9. The summed E-state index contributed by atoms with van der Waals surface area (Å²) < 4.78 is 5.55. The summed E-state index contributed by atoms with van der Waals surface area (Å²) in [5, 5.41) is 16.3. The Morgan fingerprint density at radius 1 is 1.60 bits per heavy atom. The maximum absolute atomic E-state index is 9.25. The lowest BCUT2D eigenvalue weighted by Gasteiger charge is -2.14. The van der Waals surface area contributed by atoms with E-state index in [0.717, 1.165) is 12.5 Å². The molecule has 2 unspecified atom stereocenters. The lowest BCUT2D eigenvalue weighted by Crippen LogP contribution is -2.20. The van der Waals surface area contributed by atoms with E-state index in [9.17, 15) is 4.79 Å². The van der Waals surface area contributed by atoms with E-state index in [4.69, 9.17) is 14.9 Å². The number of carbonyl (C=O) groups is 1. The molecule has 0 aromatic carbocycles. The van der Waals surface area contributed by atoms with Crippen molar-refractivity contribution in [2.45, 2.75) is 43.8 Å². The van der Waals surface area contributed by atoms with Crippen LogP contribution in [0, 0.1) is 0 Å². The van der Waals surface area contributed by atoms with E-state index in [2.05, 4.69) is 6.58 Å². The van der Waals surface area contributed by atoms with Gasteiger partial charge in [0.25, 0.3) is 0 Å². The highest BCUT2D eigenvalue weighted by Gasteiger charge is 2.56. The first kappa shape index (κ1) is 12.2. The van der Waals surface area contributed by atoms with Crippen LogP contribution in [-0.2, 0) is 9.53 Å². The lowest BCUT2D eigenvalue weighted by atomic mass is 9.87. The maximum Gasteiger partial charge on any atom is 0.327 e. The Morgan fingerprint density at radius 3 is 2.73 bits per heavy atom. The van der Waals surface area contributed by atoms with E-state index in [1.165, 1.54) is 25.7 Å². The molecule has 4 heteroatoms. The van der Waals surface area contributed by atoms with Crippen molar-refractivity contribution < 1.29 is 19.7 Å². The number of rotatable bonds is 3. The smallest absolute Gasteiger partial charge is 0.327 e. The van der Waals surface area contributed by atoms with Crippen molar-refractivity contribution >= 4 is 5.97 Å². The van der Waals surface area contributed by atoms with Gasteiger partial charge in [0.2, 0.25) is 0 Å². The monoisotopic (exact) mass is 214 g/mol. The highest BCUT2D eigenvalue weighted by Crippen LogP contribution is 2.49. The molecular formula is C11H18O4. The second-order valence-electron chi connectivity index (χ2n) is 3.93. The summed E-state index contributed by atoms with van der Waals surface area (Å²) in [6, 6.07) is 0. The number of aliphatic carboxylic acids is 1. The van der Waals surface area contributed by atoms with Gasteiger partial charge < -0.3 is 14.9 Å². The standard InChI is InChI=1S/C8H14O2.C3H4O2/c9-6-5-8-4-2-1-3-7(8)10-8;1-2-3(4)5/h7,9H,1-6H2;2H,1H2,(H,4,5). The summed E-state index contributed by atoms with van der Waals surface area (Å²) in [7, 11) is 0. The van der Waals surface area contributed by atoms with Crippen molar-refractivity contribution in [2.75, 3.05) is 6.61 Å². The molecule has 15 heavy (non-hydrogen) atoms. The van der Waals surface area contributed by atoms with Crippen LogP contribution in [0.3, 0.4) is 0 Å². The van der Waals surface area contributed by atoms with E-state index in [1.807, 2.05) is 0 Å². The van der Waals surface area contributed by atoms with Crippen LogP contribution in [0.5, 0.6) is 0 Å². The molecule has 1 aliphatic heterocycles. The molecule has 1 heterocycles. The zero-order chi connectivity index (χ0) is 11.3. The molecule has 0 radical (unpaired) electrons. The average Bonchev–Trinajstić information content (AvgIpc) is 2.93. The fourth-order valence-electron chi connectivity index (χ4n) is 2.08. The first-order valence-electron chi connectivity index (χ1n) is 5.28. The van der Waals surface area contributed by atoms with E-state index < -0.39 is 5.97 Å². The molecule has 0 aromatic rings. The van der Waals surface area contributed by atoms with Gasteiger partial charge in [0.05, 0.1) is 11.7 Å². The quantitative estimate of drug-likeness (QED) is 0.549. The summed E-state index contributed by atoms with van der Waals surface area (Å²) >= 11 is 0. The van der Waals surface area contributed by atoms with E-state index >= 15 is 0 Å². The van der Waals surface area contributed by atoms with Crippen LogP contribution in [0.1, 0.15) is 32.1 Å². The number of ether oxygens (including phenoxy) is 1. The Morgan fingerprint density at radius 2 is 2.27 bits per heavy atom. The van der Waals surface area contributed by atoms with Crippen molar-refractivity contribution in [3.05, 3.63) is 12.7 Å². The van der Waals surface area contributed by atoms with Crippen molar-refractivity contribution in [1.82, 2.24) is 0 Å². The van der Waals surface area contributed by atoms with Gasteiger partial charge in [-0.15, -0.1) is 0 Å². The SMILES string of the molecule is C=CC(=O)O.OCCC12CCCCC1O2. The lowest BCUT2D eigenvalue weighted by molar-refractivity contribution is -0.131. The minimum Gasteiger partial charge on any atom is -0.478 e. The van der Waals surface area contributed by atoms with Crippen LogP contribution in [0.15, 0.2) is 12.7 Å². The van der Waals surface area contributed by atoms with Gasteiger partial charge in [-0.3, -0.25) is 0 Å². The number of fused-ring (bicyclic) bond motifs is 1. The molecule has 2 fully saturated rings. The van der Waals surface area contributed by atoms with Gasteiger partial charge in [-0.2, -0.15) is 0 Å². The second-order valence-corrected chi connectivity index (χ2v) is 3.93. The van der Waals surface area contributed by atoms with E-state index in [1.54, 1.807) is 0 Å². The van der Waals surface area contributed by atoms with Crippen LogP contribution in [0.4, 0.5) is 0 Å². The molecule has 86 valence electrons. The largest absolute Gasteiger partial charge is 0.478 e. The van der Waals surface area contributed by atoms with Gasteiger partial charge in [0, 0.05) is 19.1 Å². The van der Waals surface area contributed by atoms with E-state index in [0.29, 0.717) is 6.10 Å². The minimum absolute atomic E-state index is 0.146. The van der Waals surface area contributed by atoms with Crippen molar-refractivity contribution in [3.63, 3.8) is 0 Å². The predicted octanol–water partition coefficient (Wildman–Crippen LogP) is 1.34. The molecule has 2 atom stereocenters. The second kappa shape index (κ2) is 5.28. The Hall–Kier alpha value is -0.870. The number of carboxylic acid groups (broad SMARTS) is 1. The summed E-state index contributed by atoms with van der Waals surface area (Å²) in [6.07, 6.45) is 7.21. The van der Waals surface area contributed by atoms with Crippen molar-refractivity contribution in [1.29, 1.82) is 0 Å². The Labute approximate surface area is 89.6 Å². The molecule has 1 aliphatic carbocycles. The van der Waals surface area contributed by atoms with Crippen LogP contribution in [0.2, 0.25) is 0 Å². The highest BCUT2D eigenvalue weighted by atomic mass is 16.6. The number of hydrogen-bond donors (Lipinski definition) is 2. The van der Waals surface area contributed by atoms with Gasteiger partial charge in [-0.1, -0.05) is 19.4 Å². The first-order valence-corrected chi connectivity index (χ1v) is 5.28. The molecule has 0 amide bonds. The number of aliphatic hydroxyl groups is 1.